The topological polar surface area (TPSA) is 26.0 Å². The van der Waals surface area contributed by atoms with Gasteiger partial charge in [-0.3, -0.25) is 0 Å². The van der Waals surface area contributed by atoms with E-state index < -0.39 is 0 Å². The van der Waals surface area contributed by atoms with E-state index in [4.69, 9.17) is 5.73 Å². The zero-order valence-corrected chi connectivity index (χ0v) is 14.6. The highest BCUT2D eigenvalue weighted by Gasteiger charge is 2.13. The first-order chi connectivity index (χ1) is 9.93. The highest BCUT2D eigenvalue weighted by Crippen LogP contribution is 2.22. The minimum absolute atomic E-state index is 0.235. The molecule has 0 heterocycles. The quantitative estimate of drug-likeness (QED) is 0.588. The number of rotatable bonds is 9. The van der Waals surface area contributed by atoms with E-state index in [1.807, 2.05) is 0 Å². The molecule has 1 heteroatoms. The summed E-state index contributed by atoms with van der Waals surface area (Å²) in [5, 5.41) is 0. The van der Waals surface area contributed by atoms with E-state index in [1.165, 1.54) is 49.7 Å². The third-order valence-corrected chi connectivity index (χ3v) is 4.25. The molecule has 2 N–H and O–H groups in total. The van der Waals surface area contributed by atoms with Gasteiger partial charge in [-0.15, -0.1) is 0 Å². The molecule has 0 bridgehead atoms. The van der Waals surface area contributed by atoms with Crippen molar-refractivity contribution in [2.75, 3.05) is 0 Å². The molecular weight excluding hydrogens is 254 g/mol. The van der Waals surface area contributed by atoms with E-state index in [-0.39, 0.29) is 5.41 Å². The molecule has 120 valence electrons. The summed E-state index contributed by atoms with van der Waals surface area (Å²) in [5.41, 5.74) is 9.28. The molecular formula is C20H35N. The van der Waals surface area contributed by atoms with Crippen molar-refractivity contribution < 1.29 is 0 Å². The Hall–Kier alpha value is -0.820. The molecule has 1 aromatic rings. The van der Waals surface area contributed by atoms with E-state index in [1.54, 1.807) is 0 Å². The first kappa shape index (κ1) is 18.2. The van der Waals surface area contributed by atoms with Crippen LogP contribution in [-0.4, -0.2) is 6.04 Å². The van der Waals surface area contributed by atoms with Crippen LogP contribution in [0.15, 0.2) is 24.3 Å². The zero-order chi connectivity index (χ0) is 15.7. The van der Waals surface area contributed by atoms with Crippen LogP contribution in [0.4, 0.5) is 0 Å². The van der Waals surface area contributed by atoms with Crippen LogP contribution in [0.5, 0.6) is 0 Å². The van der Waals surface area contributed by atoms with Gasteiger partial charge in [-0.2, -0.15) is 0 Å². The molecule has 0 saturated heterocycles. The Kier molecular flexibility index (Phi) is 8.03. The molecule has 0 aliphatic rings. The van der Waals surface area contributed by atoms with Gasteiger partial charge >= 0.3 is 0 Å². The SMILES string of the molecule is CCCCCCCCC(N)Cc1ccc(C(C)(C)C)cc1. The fourth-order valence-electron chi connectivity index (χ4n) is 2.73. The van der Waals surface area contributed by atoms with E-state index >= 15 is 0 Å². The second kappa shape index (κ2) is 9.25. The van der Waals surface area contributed by atoms with Crippen LogP contribution >= 0.6 is 0 Å². The van der Waals surface area contributed by atoms with Crippen LogP contribution in [-0.2, 0) is 11.8 Å². The number of hydrogen-bond donors (Lipinski definition) is 1. The van der Waals surface area contributed by atoms with Gasteiger partial charge in [0.2, 0.25) is 0 Å². The Balaban J connectivity index is 2.26. The van der Waals surface area contributed by atoms with Crippen molar-refractivity contribution in [3.63, 3.8) is 0 Å². The molecule has 1 nitrogen and oxygen atoms in total. The highest BCUT2D eigenvalue weighted by molar-refractivity contribution is 5.27. The Morgan fingerprint density at radius 1 is 0.905 bits per heavy atom. The minimum Gasteiger partial charge on any atom is -0.327 e. The van der Waals surface area contributed by atoms with Crippen molar-refractivity contribution in [2.45, 2.75) is 90.5 Å². The molecule has 0 fully saturated rings. The van der Waals surface area contributed by atoms with E-state index in [2.05, 4.69) is 52.0 Å². The minimum atomic E-state index is 0.235. The molecule has 1 rings (SSSR count). The Morgan fingerprint density at radius 2 is 1.48 bits per heavy atom. The number of nitrogens with two attached hydrogens (primary N) is 1. The molecule has 0 spiro atoms. The van der Waals surface area contributed by atoms with E-state index in [9.17, 15) is 0 Å². The fourth-order valence-corrected chi connectivity index (χ4v) is 2.73. The van der Waals surface area contributed by atoms with Gasteiger partial charge in [0.1, 0.15) is 0 Å². The smallest absolute Gasteiger partial charge is 0.00793 e. The van der Waals surface area contributed by atoms with Crippen LogP contribution in [0.1, 0.15) is 83.8 Å². The average molecular weight is 290 g/mol. The summed E-state index contributed by atoms with van der Waals surface area (Å²) in [6, 6.07) is 9.33. The monoisotopic (exact) mass is 289 g/mol. The van der Waals surface area contributed by atoms with Crippen LogP contribution in [0.3, 0.4) is 0 Å². The number of benzene rings is 1. The van der Waals surface area contributed by atoms with Crippen LogP contribution < -0.4 is 5.73 Å². The third-order valence-electron chi connectivity index (χ3n) is 4.25. The van der Waals surface area contributed by atoms with Crippen molar-refractivity contribution in [3.8, 4) is 0 Å². The molecule has 0 radical (unpaired) electrons. The molecule has 21 heavy (non-hydrogen) atoms. The second-order valence-corrected chi connectivity index (χ2v) is 7.47. The van der Waals surface area contributed by atoms with Crippen LogP contribution in [0.25, 0.3) is 0 Å². The predicted octanol–water partition coefficient (Wildman–Crippen LogP) is 5.60. The lowest BCUT2D eigenvalue weighted by molar-refractivity contribution is 0.532. The standard InChI is InChI=1S/C20H35N/c1-5-6-7-8-9-10-11-19(21)16-17-12-14-18(15-13-17)20(2,3)4/h12-15,19H,5-11,16,21H2,1-4H3. The van der Waals surface area contributed by atoms with Gasteiger partial charge in [0, 0.05) is 6.04 Å². The van der Waals surface area contributed by atoms with Gasteiger partial charge < -0.3 is 5.73 Å². The van der Waals surface area contributed by atoms with Crippen LogP contribution in [0.2, 0.25) is 0 Å². The Labute approximate surface area is 132 Å². The Morgan fingerprint density at radius 3 is 2.05 bits per heavy atom. The molecule has 0 saturated carbocycles. The molecule has 0 aromatic heterocycles. The zero-order valence-electron chi connectivity index (χ0n) is 14.6. The van der Waals surface area contributed by atoms with Gasteiger partial charge in [-0.05, 0) is 29.4 Å². The maximum atomic E-state index is 6.27. The summed E-state index contributed by atoms with van der Waals surface area (Å²) < 4.78 is 0. The molecule has 1 aromatic carbocycles. The molecule has 0 aliphatic heterocycles. The van der Waals surface area contributed by atoms with Crippen molar-refractivity contribution in [2.24, 2.45) is 5.73 Å². The lowest BCUT2D eigenvalue weighted by Crippen LogP contribution is -2.22. The maximum Gasteiger partial charge on any atom is 0.00793 e. The fraction of sp³-hybridized carbons (Fsp3) is 0.700. The van der Waals surface area contributed by atoms with Crippen molar-refractivity contribution >= 4 is 0 Å². The molecule has 1 unspecified atom stereocenters. The van der Waals surface area contributed by atoms with Crippen LogP contribution in [0, 0.1) is 0 Å². The summed E-state index contributed by atoms with van der Waals surface area (Å²) in [7, 11) is 0. The van der Waals surface area contributed by atoms with Crippen molar-refractivity contribution in [1.29, 1.82) is 0 Å². The van der Waals surface area contributed by atoms with E-state index in [0.29, 0.717) is 6.04 Å². The molecule has 0 aliphatic carbocycles. The maximum absolute atomic E-state index is 6.27. The van der Waals surface area contributed by atoms with Gasteiger partial charge in [0.15, 0.2) is 0 Å². The molecule has 1 atom stereocenters. The third kappa shape index (κ3) is 7.66. The van der Waals surface area contributed by atoms with Gasteiger partial charge in [-0.25, -0.2) is 0 Å². The summed E-state index contributed by atoms with van der Waals surface area (Å²) in [6.45, 7) is 9.03. The first-order valence-electron chi connectivity index (χ1n) is 8.78. The Bertz CT molecular complexity index is 372. The highest BCUT2D eigenvalue weighted by atomic mass is 14.6. The molecule has 0 amide bonds. The van der Waals surface area contributed by atoms with Gasteiger partial charge in [-0.1, -0.05) is 90.5 Å². The van der Waals surface area contributed by atoms with E-state index in [0.717, 1.165) is 12.8 Å². The van der Waals surface area contributed by atoms with Crippen molar-refractivity contribution in [1.82, 2.24) is 0 Å². The average Bonchev–Trinajstić information content (AvgIpc) is 2.42. The first-order valence-corrected chi connectivity index (χ1v) is 8.78. The largest absolute Gasteiger partial charge is 0.327 e. The lowest BCUT2D eigenvalue weighted by atomic mass is 9.86. The van der Waals surface area contributed by atoms with Gasteiger partial charge in [0.25, 0.3) is 0 Å². The lowest BCUT2D eigenvalue weighted by Gasteiger charge is -2.19. The van der Waals surface area contributed by atoms with Crippen molar-refractivity contribution in [3.05, 3.63) is 35.4 Å². The summed E-state index contributed by atoms with van der Waals surface area (Å²) in [5.74, 6) is 0. The summed E-state index contributed by atoms with van der Waals surface area (Å²) in [4.78, 5) is 0. The number of hydrogen-bond acceptors (Lipinski definition) is 1. The second-order valence-electron chi connectivity index (χ2n) is 7.47. The normalized spacial score (nSPS) is 13.4. The summed E-state index contributed by atoms with van der Waals surface area (Å²) >= 11 is 0. The van der Waals surface area contributed by atoms with Gasteiger partial charge in [0.05, 0.1) is 0 Å². The number of unbranched alkanes of at least 4 members (excludes halogenated alkanes) is 5. The predicted molar refractivity (Wildman–Crippen MR) is 94.8 cm³/mol. The summed E-state index contributed by atoms with van der Waals surface area (Å²) in [6.07, 6.45) is 10.3.